The molecular weight excluding hydrogens is 266 g/mol. The Labute approximate surface area is 123 Å². The molecule has 1 aliphatic carbocycles. The van der Waals surface area contributed by atoms with Gasteiger partial charge in [-0.25, -0.2) is 0 Å². The first-order valence-electron chi connectivity index (χ1n) is 7.53. The zero-order chi connectivity index (χ0) is 14.3. The Morgan fingerprint density at radius 1 is 1.29 bits per heavy atom. The van der Waals surface area contributed by atoms with Crippen LogP contribution in [0.4, 0.5) is 0 Å². The fourth-order valence-corrected chi connectivity index (χ4v) is 3.16. The summed E-state index contributed by atoms with van der Waals surface area (Å²) in [4.78, 5) is 4.57. The van der Waals surface area contributed by atoms with Crippen LogP contribution in [-0.2, 0) is 23.3 Å². The van der Waals surface area contributed by atoms with Crippen LogP contribution >= 0.6 is 0 Å². The van der Waals surface area contributed by atoms with Gasteiger partial charge in [-0.2, -0.15) is 4.98 Å². The van der Waals surface area contributed by atoms with E-state index in [0.717, 1.165) is 44.3 Å². The SMILES string of the molecule is COC1(c2noc(-c3ccc4c(c3)CNCC4)n2)CCC1. The first-order valence-corrected chi connectivity index (χ1v) is 7.53. The minimum absolute atomic E-state index is 0.322. The largest absolute Gasteiger partial charge is 0.370 e. The van der Waals surface area contributed by atoms with Gasteiger partial charge in [-0.1, -0.05) is 11.2 Å². The number of nitrogens with zero attached hydrogens (tertiary/aromatic N) is 2. The number of aromatic nitrogens is 2. The normalized spacial score (nSPS) is 19.9. The minimum Gasteiger partial charge on any atom is -0.370 e. The summed E-state index contributed by atoms with van der Waals surface area (Å²) in [5, 5.41) is 7.53. The number of methoxy groups -OCH3 is 1. The molecule has 4 rings (SSSR count). The first kappa shape index (κ1) is 13.0. The second-order valence-corrected chi connectivity index (χ2v) is 5.89. The molecule has 1 fully saturated rings. The standard InChI is InChI=1S/C16H19N3O2/c1-20-16(6-2-7-16)15-18-14(21-19-15)12-4-3-11-5-8-17-10-13(11)9-12/h3-4,9,17H,2,5-8,10H2,1H3. The fourth-order valence-electron chi connectivity index (χ4n) is 3.16. The lowest BCUT2D eigenvalue weighted by Crippen LogP contribution is -2.37. The number of nitrogens with one attached hydrogen (secondary N) is 1. The van der Waals surface area contributed by atoms with Gasteiger partial charge >= 0.3 is 0 Å². The fraction of sp³-hybridized carbons (Fsp3) is 0.500. The van der Waals surface area contributed by atoms with Crippen LogP contribution in [0.5, 0.6) is 0 Å². The molecule has 0 radical (unpaired) electrons. The molecule has 1 aromatic heterocycles. The molecule has 0 bridgehead atoms. The second kappa shape index (κ2) is 4.93. The van der Waals surface area contributed by atoms with Crippen LogP contribution in [0.15, 0.2) is 22.7 Å². The number of hydrogen-bond donors (Lipinski definition) is 1. The van der Waals surface area contributed by atoms with Crippen molar-refractivity contribution in [3.05, 3.63) is 35.2 Å². The van der Waals surface area contributed by atoms with Crippen LogP contribution < -0.4 is 5.32 Å². The summed E-state index contributed by atoms with van der Waals surface area (Å²) in [7, 11) is 1.72. The third-order valence-corrected chi connectivity index (χ3v) is 4.73. The number of rotatable bonds is 3. The van der Waals surface area contributed by atoms with Gasteiger partial charge in [0, 0.05) is 19.2 Å². The van der Waals surface area contributed by atoms with E-state index < -0.39 is 0 Å². The highest BCUT2D eigenvalue weighted by Crippen LogP contribution is 2.43. The predicted molar refractivity (Wildman–Crippen MR) is 77.7 cm³/mol. The Morgan fingerprint density at radius 2 is 2.19 bits per heavy atom. The number of fused-ring (bicyclic) bond motifs is 1. The Morgan fingerprint density at radius 3 is 2.95 bits per heavy atom. The molecule has 2 aromatic rings. The van der Waals surface area contributed by atoms with Crippen LogP contribution in [0.3, 0.4) is 0 Å². The molecule has 1 aliphatic heterocycles. The maximum atomic E-state index is 5.60. The van der Waals surface area contributed by atoms with Gasteiger partial charge in [0.2, 0.25) is 5.82 Å². The summed E-state index contributed by atoms with van der Waals surface area (Å²) >= 11 is 0. The van der Waals surface area contributed by atoms with Crippen molar-refractivity contribution < 1.29 is 9.26 Å². The van der Waals surface area contributed by atoms with E-state index >= 15 is 0 Å². The Hall–Kier alpha value is -1.72. The van der Waals surface area contributed by atoms with Crippen LogP contribution in [-0.4, -0.2) is 23.8 Å². The molecule has 0 spiro atoms. The topological polar surface area (TPSA) is 60.2 Å². The molecule has 0 atom stereocenters. The summed E-state index contributed by atoms with van der Waals surface area (Å²) in [6.45, 7) is 1.96. The third-order valence-electron chi connectivity index (χ3n) is 4.73. The summed E-state index contributed by atoms with van der Waals surface area (Å²) in [5.74, 6) is 1.27. The number of hydrogen-bond acceptors (Lipinski definition) is 5. The Kier molecular flexibility index (Phi) is 3.05. The van der Waals surface area contributed by atoms with Crippen LogP contribution in [0.2, 0.25) is 0 Å². The van der Waals surface area contributed by atoms with E-state index in [4.69, 9.17) is 9.26 Å². The molecule has 5 heteroatoms. The highest BCUT2D eigenvalue weighted by atomic mass is 16.5. The molecular formula is C16H19N3O2. The van der Waals surface area contributed by atoms with Crippen molar-refractivity contribution >= 4 is 0 Å². The monoisotopic (exact) mass is 285 g/mol. The van der Waals surface area contributed by atoms with Crippen molar-refractivity contribution in [3.8, 4) is 11.5 Å². The van der Waals surface area contributed by atoms with Crippen LogP contribution in [0.25, 0.3) is 11.5 Å². The van der Waals surface area contributed by atoms with Crippen LogP contribution in [0, 0.1) is 0 Å². The van der Waals surface area contributed by atoms with Gasteiger partial charge in [0.1, 0.15) is 5.60 Å². The smallest absolute Gasteiger partial charge is 0.258 e. The van der Waals surface area contributed by atoms with Gasteiger partial charge in [-0.3, -0.25) is 0 Å². The van der Waals surface area contributed by atoms with Gasteiger partial charge < -0.3 is 14.6 Å². The Balaban J connectivity index is 1.66. The van der Waals surface area contributed by atoms with Crippen molar-refractivity contribution in [2.45, 2.75) is 37.8 Å². The van der Waals surface area contributed by atoms with Gasteiger partial charge in [0.05, 0.1) is 0 Å². The molecule has 2 aliphatic rings. The van der Waals surface area contributed by atoms with E-state index in [0.29, 0.717) is 11.7 Å². The number of benzene rings is 1. The predicted octanol–water partition coefficient (Wildman–Crippen LogP) is 2.41. The second-order valence-electron chi connectivity index (χ2n) is 5.89. The van der Waals surface area contributed by atoms with Crippen molar-refractivity contribution in [3.63, 3.8) is 0 Å². The summed E-state index contributed by atoms with van der Waals surface area (Å²) in [6, 6.07) is 6.39. The van der Waals surface area contributed by atoms with E-state index in [1.54, 1.807) is 7.11 Å². The van der Waals surface area contributed by atoms with Crippen molar-refractivity contribution in [1.82, 2.24) is 15.5 Å². The average molecular weight is 285 g/mol. The van der Waals surface area contributed by atoms with Crippen molar-refractivity contribution in [2.24, 2.45) is 0 Å². The van der Waals surface area contributed by atoms with E-state index in [1.807, 2.05) is 0 Å². The molecule has 0 saturated heterocycles. The van der Waals surface area contributed by atoms with E-state index in [2.05, 4.69) is 33.7 Å². The summed E-state index contributed by atoms with van der Waals surface area (Å²) in [6.07, 6.45) is 4.17. The summed E-state index contributed by atoms with van der Waals surface area (Å²) < 4.78 is 11.1. The van der Waals surface area contributed by atoms with E-state index in [-0.39, 0.29) is 5.60 Å². The quantitative estimate of drug-likeness (QED) is 0.938. The van der Waals surface area contributed by atoms with E-state index in [1.165, 1.54) is 11.1 Å². The van der Waals surface area contributed by atoms with Crippen LogP contribution in [0.1, 0.15) is 36.2 Å². The van der Waals surface area contributed by atoms with E-state index in [9.17, 15) is 0 Å². The maximum absolute atomic E-state index is 5.60. The Bertz CT molecular complexity index is 656. The molecule has 5 nitrogen and oxygen atoms in total. The third kappa shape index (κ3) is 2.08. The van der Waals surface area contributed by atoms with Gasteiger partial charge in [-0.05, 0) is 55.5 Å². The molecule has 21 heavy (non-hydrogen) atoms. The summed E-state index contributed by atoms with van der Waals surface area (Å²) in [5.41, 5.74) is 3.40. The zero-order valence-corrected chi connectivity index (χ0v) is 12.2. The number of ether oxygens (including phenoxy) is 1. The molecule has 1 saturated carbocycles. The zero-order valence-electron chi connectivity index (χ0n) is 12.2. The highest BCUT2D eigenvalue weighted by molar-refractivity contribution is 5.56. The molecule has 1 aromatic carbocycles. The maximum Gasteiger partial charge on any atom is 0.258 e. The lowest BCUT2D eigenvalue weighted by molar-refractivity contribution is -0.0858. The molecule has 0 amide bonds. The minimum atomic E-state index is -0.322. The average Bonchev–Trinajstić information content (AvgIpc) is 2.96. The molecule has 1 N–H and O–H groups in total. The first-order chi connectivity index (χ1) is 10.3. The highest BCUT2D eigenvalue weighted by Gasteiger charge is 2.43. The molecule has 110 valence electrons. The van der Waals surface area contributed by atoms with Gasteiger partial charge in [-0.15, -0.1) is 0 Å². The molecule has 0 unspecified atom stereocenters. The van der Waals surface area contributed by atoms with Gasteiger partial charge in [0.15, 0.2) is 0 Å². The molecule has 2 heterocycles. The lowest BCUT2D eigenvalue weighted by Gasteiger charge is -2.37. The van der Waals surface area contributed by atoms with Crippen molar-refractivity contribution in [2.75, 3.05) is 13.7 Å². The van der Waals surface area contributed by atoms with Crippen molar-refractivity contribution in [1.29, 1.82) is 0 Å². The lowest BCUT2D eigenvalue weighted by atomic mass is 9.79. The van der Waals surface area contributed by atoms with Gasteiger partial charge in [0.25, 0.3) is 5.89 Å².